The highest BCUT2D eigenvalue weighted by molar-refractivity contribution is 6.31. The van der Waals surface area contributed by atoms with Crippen LogP contribution in [0.25, 0.3) is 11.1 Å². The number of aliphatic hydroxyl groups is 1. The Kier molecular flexibility index (Phi) is 4.88. The topological polar surface area (TPSA) is 58.4 Å². The molecule has 2 aliphatic rings. The summed E-state index contributed by atoms with van der Waals surface area (Å²) in [4.78, 5) is 14.8. The molecular weight excluding hydrogens is 398 g/mol. The van der Waals surface area contributed by atoms with E-state index in [-0.39, 0.29) is 11.9 Å². The van der Waals surface area contributed by atoms with Gasteiger partial charge >= 0.3 is 0 Å². The SMILES string of the molecule is Cn1cc(-c2ccc(Cc3cc4c(cc3Cl)CN(C3CCCC3O)C4=O)cc2)cn1. The highest BCUT2D eigenvalue weighted by Crippen LogP contribution is 2.35. The van der Waals surface area contributed by atoms with Crippen LogP contribution in [0.15, 0.2) is 48.8 Å². The van der Waals surface area contributed by atoms with Crippen molar-refractivity contribution in [2.45, 2.75) is 44.4 Å². The summed E-state index contributed by atoms with van der Waals surface area (Å²) < 4.78 is 1.79. The van der Waals surface area contributed by atoms with E-state index < -0.39 is 6.10 Å². The van der Waals surface area contributed by atoms with Gasteiger partial charge < -0.3 is 10.0 Å². The Morgan fingerprint density at radius 1 is 1.17 bits per heavy atom. The standard InChI is InChI=1S/C24H24ClN3O2/c1-27-13-19(12-26-27)16-7-5-15(6-8-16)9-17-10-20-18(11-21(17)25)14-28(24(20)30)22-3-2-4-23(22)29/h5-8,10-13,22-23,29H,2-4,9,14H2,1H3. The fraction of sp³-hybridized carbons (Fsp3) is 0.333. The van der Waals surface area contributed by atoms with Gasteiger partial charge in [-0.15, -0.1) is 0 Å². The van der Waals surface area contributed by atoms with Crippen LogP contribution in [0.1, 0.15) is 46.3 Å². The molecule has 3 aromatic rings. The lowest BCUT2D eigenvalue weighted by atomic mass is 9.99. The lowest BCUT2D eigenvalue weighted by Crippen LogP contribution is -2.40. The predicted octanol–water partition coefficient (Wildman–Crippen LogP) is 4.20. The van der Waals surface area contributed by atoms with Gasteiger partial charge in [-0.25, -0.2) is 0 Å². The van der Waals surface area contributed by atoms with E-state index in [2.05, 4.69) is 29.4 Å². The number of nitrogens with zero attached hydrogens (tertiary/aromatic N) is 3. The number of halogens is 1. The number of carbonyl (C=O) groups excluding carboxylic acids is 1. The molecule has 2 unspecified atom stereocenters. The molecule has 6 heteroatoms. The van der Waals surface area contributed by atoms with Crippen molar-refractivity contribution in [2.24, 2.45) is 7.05 Å². The van der Waals surface area contributed by atoms with E-state index in [1.165, 1.54) is 0 Å². The summed E-state index contributed by atoms with van der Waals surface area (Å²) in [6.45, 7) is 0.537. The molecule has 0 saturated heterocycles. The normalized spacial score (nSPS) is 20.8. The van der Waals surface area contributed by atoms with E-state index in [1.807, 2.05) is 36.5 Å². The first-order valence-electron chi connectivity index (χ1n) is 10.4. The Labute approximate surface area is 180 Å². The van der Waals surface area contributed by atoms with E-state index in [9.17, 15) is 9.90 Å². The minimum absolute atomic E-state index is 0.0146. The Bertz CT molecular complexity index is 1110. The number of aliphatic hydroxyl groups excluding tert-OH is 1. The molecule has 0 radical (unpaired) electrons. The number of rotatable bonds is 4. The number of hydrogen-bond acceptors (Lipinski definition) is 3. The van der Waals surface area contributed by atoms with Crippen molar-refractivity contribution < 1.29 is 9.90 Å². The van der Waals surface area contributed by atoms with Crippen LogP contribution in [-0.2, 0) is 20.0 Å². The molecule has 2 heterocycles. The second-order valence-electron chi connectivity index (χ2n) is 8.38. The zero-order valence-electron chi connectivity index (χ0n) is 16.9. The highest BCUT2D eigenvalue weighted by Gasteiger charge is 2.38. The molecule has 2 atom stereocenters. The Hall–Kier alpha value is -2.63. The molecule has 1 amide bonds. The fourth-order valence-corrected chi connectivity index (χ4v) is 4.95. The Balaban J connectivity index is 1.37. The van der Waals surface area contributed by atoms with Crippen LogP contribution >= 0.6 is 11.6 Å². The van der Waals surface area contributed by atoms with E-state index in [0.29, 0.717) is 18.0 Å². The maximum absolute atomic E-state index is 13.0. The number of aromatic nitrogens is 2. The van der Waals surface area contributed by atoms with Crippen LogP contribution in [0, 0.1) is 0 Å². The zero-order valence-corrected chi connectivity index (χ0v) is 17.6. The molecule has 1 aromatic heterocycles. The summed E-state index contributed by atoms with van der Waals surface area (Å²) in [5.74, 6) is 0.0146. The van der Waals surface area contributed by atoms with Gasteiger partial charge in [0, 0.05) is 35.9 Å². The molecule has 1 aliphatic heterocycles. The van der Waals surface area contributed by atoms with Crippen LogP contribution in [0.3, 0.4) is 0 Å². The smallest absolute Gasteiger partial charge is 0.254 e. The fourth-order valence-electron chi connectivity index (χ4n) is 4.69. The van der Waals surface area contributed by atoms with E-state index in [4.69, 9.17) is 11.6 Å². The van der Waals surface area contributed by atoms with Crippen molar-refractivity contribution in [1.82, 2.24) is 14.7 Å². The molecule has 1 saturated carbocycles. The van der Waals surface area contributed by atoms with Gasteiger partial charge in [-0.05, 0) is 60.1 Å². The minimum Gasteiger partial charge on any atom is -0.391 e. The zero-order chi connectivity index (χ0) is 20.8. The molecule has 5 nitrogen and oxygen atoms in total. The molecule has 30 heavy (non-hydrogen) atoms. The molecule has 1 aliphatic carbocycles. The summed E-state index contributed by atoms with van der Waals surface area (Å²) in [7, 11) is 1.91. The monoisotopic (exact) mass is 421 g/mol. The van der Waals surface area contributed by atoms with E-state index in [0.717, 1.165) is 52.6 Å². The van der Waals surface area contributed by atoms with Crippen LogP contribution in [0.5, 0.6) is 0 Å². The third-order valence-corrected chi connectivity index (χ3v) is 6.69. The maximum atomic E-state index is 13.0. The number of hydrogen-bond donors (Lipinski definition) is 1. The average molecular weight is 422 g/mol. The molecule has 0 bridgehead atoms. The third kappa shape index (κ3) is 3.42. The molecule has 1 fully saturated rings. The van der Waals surface area contributed by atoms with Gasteiger partial charge in [0.25, 0.3) is 5.91 Å². The summed E-state index contributed by atoms with van der Waals surface area (Å²) in [6, 6.07) is 12.1. The van der Waals surface area contributed by atoms with Gasteiger partial charge in [-0.1, -0.05) is 35.9 Å². The number of carbonyl (C=O) groups is 1. The van der Waals surface area contributed by atoms with Crippen molar-refractivity contribution in [3.63, 3.8) is 0 Å². The van der Waals surface area contributed by atoms with Gasteiger partial charge in [0.2, 0.25) is 0 Å². The summed E-state index contributed by atoms with van der Waals surface area (Å²) >= 11 is 6.58. The molecule has 2 aromatic carbocycles. The second-order valence-corrected chi connectivity index (χ2v) is 8.78. The quantitative estimate of drug-likeness (QED) is 0.686. The largest absolute Gasteiger partial charge is 0.391 e. The summed E-state index contributed by atoms with van der Waals surface area (Å²) in [5, 5.41) is 15.1. The second kappa shape index (κ2) is 7.56. The lowest BCUT2D eigenvalue weighted by Gasteiger charge is -2.26. The van der Waals surface area contributed by atoms with Crippen LogP contribution in [0.4, 0.5) is 0 Å². The first-order valence-corrected chi connectivity index (χ1v) is 10.8. The van der Waals surface area contributed by atoms with Gasteiger partial charge in [0.15, 0.2) is 0 Å². The summed E-state index contributed by atoms with van der Waals surface area (Å²) in [5.41, 5.74) is 5.97. The third-order valence-electron chi connectivity index (χ3n) is 6.34. The van der Waals surface area contributed by atoms with Gasteiger partial charge in [-0.3, -0.25) is 9.48 Å². The first kappa shape index (κ1) is 19.3. The van der Waals surface area contributed by atoms with Gasteiger partial charge in [0.1, 0.15) is 0 Å². The molecule has 5 rings (SSSR count). The average Bonchev–Trinajstić information content (AvgIpc) is 3.43. The minimum atomic E-state index is -0.420. The predicted molar refractivity (Wildman–Crippen MR) is 116 cm³/mol. The number of aryl methyl sites for hydroxylation is 1. The van der Waals surface area contributed by atoms with Gasteiger partial charge in [0.05, 0.1) is 18.3 Å². The first-order chi connectivity index (χ1) is 14.5. The van der Waals surface area contributed by atoms with Crippen molar-refractivity contribution >= 4 is 17.5 Å². The molecular formula is C24H24ClN3O2. The van der Waals surface area contributed by atoms with Crippen molar-refractivity contribution in [1.29, 1.82) is 0 Å². The Morgan fingerprint density at radius 2 is 1.97 bits per heavy atom. The van der Waals surface area contributed by atoms with Crippen LogP contribution < -0.4 is 0 Å². The maximum Gasteiger partial charge on any atom is 0.254 e. The highest BCUT2D eigenvalue weighted by atomic mass is 35.5. The summed E-state index contributed by atoms with van der Waals surface area (Å²) in [6.07, 6.45) is 6.69. The number of benzene rings is 2. The van der Waals surface area contributed by atoms with Gasteiger partial charge in [-0.2, -0.15) is 5.10 Å². The lowest BCUT2D eigenvalue weighted by molar-refractivity contribution is 0.0479. The van der Waals surface area contributed by atoms with Crippen LogP contribution in [-0.4, -0.2) is 37.8 Å². The molecule has 1 N–H and O–H groups in total. The van der Waals surface area contributed by atoms with E-state index >= 15 is 0 Å². The number of amides is 1. The van der Waals surface area contributed by atoms with Crippen molar-refractivity contribution in [3.8, 4) is 11.1 Å². The van der Waals surface area contributed by atoms with Crippen molar-refractivity contribution in [3.05, 3.63) is 76.1 Å². The Morgan fingerprint density at radius 3 is 2.63 bits per heavy atom. The molecule has 0 spiro atoms. The van der Waals surface area contributed by atoms with E-state index in [1.54, 1.807) is 4.68 Å². The molecule has 154 valence electrons. The van der Waals surface area contributed by atoms with Crippen LogP contribution in [0.2, 0.25) is 5.02 Å². The van der Waals surface area contributed by atoms with Crippen molar-refractivity contribution in [2.75, 3.05) is 0 Å². The number of fused-ring (bicyclic) bond motifs is 1.